The number of furan rings is 1. The summed E-state index contributed by atoms with van der Waals surface area (Å²) in [5.74, 6) is 8.42. The largest absolute Gasteiger partial charge is 0.469 e. The summed E-state index contributed by atoms with van der Waals surface area (Å²) in [6.45, 7) is 4.43. The van der Waals surface area contributed by atoms with Gasteiger partial charge in [-0.1, -0.05) is 33.1 Å². The normalized spacial score (nSPS) is 26.2. The first-order chi connectivity index (χ1) is 8.80. The second-order valence-electron chi connectivity index (χ2n) is 5.50. The molecular formula is C15H26N2O. The van der Waals surface area contributed by atoms with Crippen molar-refractivity contribution in [3.8, 4) is 0 Å². The van der Waals surface area contributed by atoms with Gasteiger partial charge in [0, 0.05) is 12.0 Å². The summed E-state index contributed by atoms with van der Waals surface area (Å²) in [5, 5.41) is 0. The van der Waals surface area contributed by atoms with Gasteiger partial charge in [0.05, 0.1) is 12.3 Å². The second-order valence-corrected chi connectivity index (χ2v) is 5.50. The Morgan fingerprint density at radius 3 is 2.94 bits per heavy atom. The SMILES string of the molecule is CCc1occc1C(NN)C1CCCC(CC)C1. The van der Waals surface area contributed by atoms with Crippen molar-refractivity contribution in [2.24, 2.45) is 17.7 Å². The molecule has 3 nitrogen and oxygen atoms in total. The van der Waals surface area contributed by atoms with Crippen molar-refractivity contribution in [2.75, 3.05) is 0 Å². The molecule has 18 heavy (non-hydrogen) atoms. The predicted molar refractivity (Wildman–Crippen MR) is 73.9 cm³/mol. The zero-order valence-corrected chi connectivity index (χ0v) is 11.6. The van der Waals surface area contributed by atoms with E-state index in [1.807, 2.05) is 0 Å². The highest BCUT2D eigenvalue weighted by Gasteiger charge is 2.30. The van der Waals surface area contributed by atoms with Crippen molar-refractivity contribution in [2.45, 2.75) is 58.4 Å². The van der Waals surface area contributed by atoms with Gasteiger partial charge in [-0.15, -0.1) is 0 Å². The van der Waals surface area contributed by atoms with E-state index in [2.05, 4.69) is 25.3 Å². The van der Waals surface area contributed by atoms with E-state index in [4.69, 9.17) is 10.3 Å². The summed E-state index contributed by atoms with van der Waals surface area (Å²) >= 11 is 0. The first-order valence-corrected chi connectivity index (χ1v) is 7.32. The smallest absolute Gasteiger partial charge is 0.108 e. The second kappa shape index (κ2) is 6.39. The van der Waals surface area contributed by atoms with Crippen LogP contribution in [-0.4, -0.2) is 0 Å². The molecule has 0 bridgehead atoms. The van der Waals surface area contributed by atoms with Gasteiger partial charge in [0.2, 0.25) is 0 Å². The molecule has 0 saturated heterocycles. The predicted octanol–water partition coefficient (Wildman–Crippen LogP) is 3.56. The lowest BCUT2D eigenvalue weighted by Gasteiger charge is -2.34. The van der Waals surface area contributed by atoms with Crippen molar-refractivity contribution < 1.29 is 4.42 Å². The van der Waals surface area contributed by atoms with Gasteiger partial charge < -0.3 is 4.42 Å². The topological polar surface area (TPSA) is 51.2 Å². The van der Waals surface area contributed by atoms with E-state index in [1.165, 1.54) is 37.7 Å². The zero-order valence-electron chi connectivity index (χ0n) is 11.6. The van der Waals surface area contributed by atoms with Crippen LogP contribution in [-0.2, 0) is 6.42 Å². The zero-order chi connectivity index (χ0) is 13.0. The Morgan fingerprint density at radius 1 is 1.44 bits per heavy atom. The number of aryl methyl sites for hydroxylation is 1. The van der Waals surface area contributed by atoms with E-state index in [9.17, 15) is 0 Å². The number of hydrogen-bond acceptors (Lipinski definition) is 3. The minimum atomic E-state index is 0.257. The maximum absolute atomic E-state index is 5.81. The molecule has 1 aromatic heterocycles. The average Bonchev–Trinajstić information content (AvgIpc) is 2.88. The molecule has 1 aliphatic rings. The third kappa shape index (κ3) is 2.78. The van der Waals surface area contributed by atoms with E-state index in [0.717, 1.165) is 18.1 Å². The Labute approximate surface area is 110 Å². The van der Waals surface area contributed by atoms with Crippen LogP contribution in [0.25, 0.3) is 0 Å². The fourth-order valence-electron chi connectivity index (χ4n) is 3.40. The van der Waals surface area contributed by atoms with Crippen LogP contribution in [0.15, 0.2) is 16.7 Å². The lowest BCUT2D eigenvalue weighted by molar-refractivity contribution is 0.208. The van der Waals surface area contributed by atoms with Gasteiger partial charge in [0.25, 0.3) is 0 Å². The number of nitrogens with one attached hydrogen (secondary N) is 1. The van der Waals surface area contributed by atoms with Gasteiger partial charge in [-0.05, 0) is 30.7 Å². The highest BCUT2D eigenvalue weighted by molar-refractivity contribution is 5.22. The van der Waals surface area contributed by atoms with Crippen molar-refractivity contribution in [1.82, 2.24) is 5.43 Å². The van der Waals surface area contributed by atoms with Crippen LogP contribution in [0, 0.1) is 11.8 Å². The van der Waals surface area contributed by atoms with Gasteiger partial charge in [0.1, 0.15) is 5.76 Å². The summed E-state index contributed by atoms with van der Waals surface area (Å²) in [7, 11) is 0. The van der Waals surface area contributed by atoms with Crippen LogP contribution >= 0.6 is 0 Å². The Balaban J connectivity index is 2.13. The molecule has 2 rings (SSSR count). The van der Waals surface area contributed by atoms with E-state index in [-0.39, 0.29) is 6.04 Å². The maximum Gasteiger partial charge on any atom is 0.108 e. The molecular weight excluding hydrogens is 224 g/mol. The number of rotatable bonds is 5. The van der Waals surface area contributed by atoms with Crippen LogP contribution in [0.5, 0.6) is 0 Å². The number of hydrazine groups is 1. The van der Waals surface area contributed by atoms with Gasteiger partial charge >= 0.3 is 0 Å². The molecule has 1 aliphatic carbocycles. The van der Waals surface area contributed by atoms with Crippen LogP contribution in [0.3, 0.4) is 0 Å². The van der Waals surface area contributed by atoms with Crippen LogP contribution in [0.2, 0.25) is 0 Å². The Kier molecular flexibility index (Phi) is 4.84. The summed E-state index contributed by atoms with van der Waals surface area (Å²) in [4.78, 5) is 0. The van der Waals surface area contributed by atoms with Crippen molar-refractivity contribution in [1.29, 1.82) is 0 Å². The summed E-state index contributed by atoms with van der Waals surface area (Å²) < 4.78 is 5.55. The number of hydrogen-bond donors (Lipinski definition) is 2. The average molecular weight is 250 g/mol. The third-order valence-corrected chi connectivity index (χ3v) is 4.49. The van der Waals surface area contributed by atoms with Crippen LogP contribution < -0.4 is 11.3 Å². The summed E-state index contributed by atoms with van der Waals surface area (Å²) in [6, 6.07) is 2.34. The molecule has 0 amide bonds. The Morgan fingerprint density at radius 2 is 2.28 bits per heavy atom. The number of nitrogens with two attached hydrogens (primary N) is 1. The standard InChI is InChI=1S/C15H26N2O/c1-3-11-6-5-7-12(10-11)15(17-16)13-8-9-18-14(13)4-2/h8-9,11-12,15,17H,3-7,10,16H2,1-2H3. The molecule has 1 saturated carbocycles. The van der Waals surface area contributed by atoms with Gasteiger partial charge in [-0.2, -0.15) is 0 Å². The van der Waals surface area contributed by atoms with Gasteiger partial charge in [0.15, 0.2) is 0 Å². The first kappa shape index (κ1) is 13.6. The minimum absolute atomic E-state index is 0.257. The van der Waals surface area contributed by atoms with Crippen molar-refractivity contribution in [3.05, 3.63) is 23.7 Å². The quantitative estimate of drug-likeness (QED) is 0.620. The Bertz CT molecular complexity index is 361. The van der Waals surface area contributed by atoms with E-state index in [1.54, 1.807) is 6.26 Å². The molecule has 1 fully saturated rings. The molecule has 3 atom stereocenters. The van der Waals surface area contributed by atoms with Crippen LogP contribution in [0.1, 0.15) is 63.3 Å². The molecule has 0 radical (unpaired) electrons. The Hall–Kier alpha value is -0.800. The maximum atomic E-state index is 5.81. The highest BCUT2D eigenvalue weighted by atomic mass is 16.3. The molecule has 102 valence electrons. The molecule has 1 heterocycles. The molecule has 3 unspecified atom stereocenters. The lowest BCUT2D eigenvalue weighted by Crippen LogP contribution is -2.36. The van der Waals surface area contributed by atoms with E-state index < -0.39 is 0 Å². The fraction of sp³-hybridized carbons (Fsp3) is 0.733. The van der Waals surface area contributed by atoms with Crippen LogP contribution in [0.4, 0.5) is 0 Å². The molecule has 0 aromatic carbocycles. The fourth-order valence-corrected chi connectivity index (χ4v) is 3.40. The summed E-state index contributed by atoms with van der Waals surface area (Å²) in [6.07, 6.45) is 9.30. The van der Waals surface area contributed by atoms with E-state index in [0.29, 0.717) is 5.92 Å². The molecule has 3 N–H and O–H groups in total. The first-order valence-electron chi connectivity index (χ1n) is 7.32. The third-order valence-electron chi connectivity index (χ3n) is 4.49. The molecule has 1 aromatic rings. The molecule has 3 heteroatoms. The van der Waals surface area contributed by atoms with Gasteiger partial charge in [-0.3, -0.25) is 11.3 Å². The van der Waals surface area contributed by atoms with Crippen molar-refractivity contribution >= 4 is 0 Å². The van der Waals surface area contributed by atoms with E-state index >= 15 is 0 Å². The lowest BCUT2D eigenvalue weighted by atomic mass is 9.75. The summed E-state index contributed by atoms with van der Waals surface area (Å²) in [5.41, 5.74) is 4.30. The minimum Gasteiger partial charge on any atom is -0.469 e. The monoisotopic (exact) mass is 250 g/mol. The highest BCUT2D eigenvalue weighted by Crippen LogP contribution is 2.39. The molecule has 0 aliphatic heterocycles. The van der Waals surface area contributed by atoms with Gasteiger partial charge in [-0.25, -0.2) is 0 Å². The molecule has 0 spiro atoms. The van der Waals surface area contributed by atoms with Crippen molar-refractivity contribution in [3.63, 3.8) is 0 Å².